The predicted molar refractivity (Wildman–Crippen MR) is 205 cm³/mol. The lowest BCUT2D eigenvalue weighted by Gasteiger charge is -2.33. The molecule has 58 heavy (non-hydrogen) atoms. The number of allylic oxidation sites excluding steroid dienone is 4. The van der Waals surface area contributed by atoms with Crippen LogP contribution in [-0.4, -0.2) is 118 Å². The van der Waals surface area contributed by atoms with Gasteiger partial charge in [0.15, 0.2) is 19.1 Å². The van der Waals surface area contributed by atoms with E-state index < -0.39 is 92.9 Å². The first-order valence-corrected chi connectivity index (χ1v) is 20.4. The van der Waals surface area contributed by atoms with Crippen LogP contribution in [0, 0.1) is 10.1 Å². The quantitative estimate of drug-likeness (QED) is 0.0138. The summed E-state index contributed by atoms with van der Waals surface area (Å²) in [6, 6.07) is 1.94. The summed E-state index contributed by atoms with van der Waals surface area (Å²) in [5.41, 5.74) is -0.872. The molecule has 26 heteroatoms. The van der Waals surface area contributed by atoms with E-state index in [-0.39, 0.29) is 43.3 Å². The van der Waals surface area contributed by atoms with E-state index in [9.17, 15) is 47.3 Å². The number of alkyl halides is 1. The van der Waals surface area contributed by atoms with Crippen LogP contribution in [0.4, 0.5) is 29.6 Å². The van der Waals surface area contributed by atoms with Gasteiger partial charge in [-0.15, -0.1) is 10.0 Å². The first kappa shape index (κ1) is 52.2. The third kappa shape index (κ3) is 16.8. The Bertz CT molecular complexity index is 1620. The van der Waals surface area contributed by atoms with E-state index in [1.54, 1.807) is 14.2 Å². The number of nitro groups is 1. The SMILES string of the molecule is C.C/C=C/C/C=C/CCC1(OC(=O)N(CCOCC(=O)O)c2cc([N+](=O)[O-])ccc2SSCC(NF)C(=O)NCCOP(=O)(OF)OCF)NC(=O)C2OC21.COC. The van der Waals surface area contributed by atoms with E-state index in [0.29, 0.717) is 12.8 Å². The van der Waals surface area contributed by atoms with Crippen LogP contribution in [-0.2, 0) is 51.7 Å². The van der Waals surface area contributed by atoms with Gasteiger partial charge in [-0.05, 0) is 30.4 Å². The molecule has 2 aliphatic heterocycles. The maximum Gasteiger partial charge on any atom is 0.508 e. The lowest BCUT2D eigenvalue weighted by Crippen LogP contribution is -2.53. The van der Waals surface area contributed by atoms with Crippen molar-refractivity contribution in [3.05, 3.63) is 52.6 Å². The number of nitrogens with one attached hydrogen (secondary N) is 3. The molecule has 3 amide bonds. The zero-order valence-corrected chi connectivity index (χ0v) is 33.3. The van der Waals surface area contributed by atoms with Crippen molar-refractivity contribution in [3.8, 4) is 0 Å². The number of phosphoric acid groups is 1. The van der Waals surface area contributed by atoms with Crippen molar-refractivity contribution in [1.29, 1.82) is 0 Å². The number of carbonyl (C=O) groups is 4. The van der Waals surface area contributed by atoms with Crippen LogP contribution in [0.5, 0.6) is 0 Å². The van der Waals surface area contributed by atoms with Crippen LogP contribution < -0.4 is 21.1 Å². The van der Waals surface area contributed by atoms with Gasteiger partial charge < -0.3 is 34.7 Å². The lowest BCUT2D eigenvalue weighted by atomic mass is 10.0. The molecule has 0 aliphatic carbocycles. The second-order valence-corrected chi connectivity index (χ2v) is 15.3. The van der Waals surface area contributed by atoms with Crippen molar-refractivity contribution in [2.45, 2.75) is 62.5 Å². The van der Waals surface area contributed by atoms with Crippen LogP contribution in [0.15, 0.2) is 47.4 Å². The Morgan fingerprint density at radius 2 is 1.95 bits per heavy atom. The molecule has 5 unspecified atom stereocenters. The minimum Gasteiger partial charge on any atom is -0.480 e. The average molecular weight is 894 g/mol. The van der Waals surface area contributed by atoms with Gasteiger partial charge in [0.05, 0.1) is 30.4 Å². The molecule has 328 valence electrons. The number of methoxy groups -OCH3 is 1. The number of epoxide rings is 1. The van der Waals surface area contributed by atoms with Gasteiger partial charge in [-0.1, -0.05) is 58.0 Å². The number of carboxylic acids is 1. The van der Waals surface area contributed by atoms with E-state index in [1.807, 2.05) is 31.2 Å². The van der Waals surface area contributed by atoms with E-state index in [1.165, 1.54) is 11.6 Å². The maximum absolute atomic E-state index is 14.0. The summed E-state index contributed by atoms with van der Waals surface area (Å²) < 4.78 is 81.9. The summed E-state index contributed by atoms with van der Waals surface area (Å²) >= 11 is 0. The Morgan fingerprint density at radius 1 is 1.22 bits per heavy atom. The number of phosphoric ester groups is 1. The molecule has 3 rings (SSSR count). The number of hydrogen-bond acceptors (Lipinski definition) is 17. The van der Waals surface area contributed by atoms with Gasteiger partial charge >= 0.3 is 19.9 Å². The zero-order valence-electron chi connectivity index (χ0n) is 30.8. The third-order valence-electron chi connectivity index (χ3n) is 7.29. The van der Waals surface area contributed by atoms with Crippen molar-refractivity contribution in [1.82, 2.24) is 16.2 Å². The zero-order chi connectivity index (χ0) is 42.4. The van der Waals surface area contributed by atoms with Crippen molar-refractivity contribution in [3.63, 3.8) is 0 Å². The summed E-state index contributed by atoms with van der Waals surface area (Å²) in [5, 5.41) is 25.7. The Balaban J connectivity index is 0.00000407. The normalized spacial score (nSPS) is 19.5. The van der Waals surface area contributed by atoms with Crippen molar-refractivity contribution >= 4 is 64.7 Å². The van der Waals surface area contributed by atoms with Gasteiger partial charge in [-0.3, -0.25) is 33.7 Å². The molecule has 5 atom stereocenters. The molecule has 2 saturated heterocycles. The number of fused-ring (bicyclic) bond motifs is 1. The average Bonchev–Trinajstić information content (AvgIpc) is 3.94. The number of nitro benzene ring substituents is 1. The molecule has 4 N–H and O–H groups in total. The minimum atomic E-state index is -4.85. The van der Waals surface area contributed by atoms with Crippen LogP contribution in [0.1, 0.15) is 33.6 Å². The maximum atomic E-state index is 14.0. The van der Waals surface area contributed by atoms with E-state index in [4.69, 9.17) is 19.3 Å². The monoisotopic (exact) mass is 893 g/mol. The smallest absolute Gasteiger partial charge is 0.480 e. The van der Waals surface area contributed by atoms with Crippen LogP contribution in [0.25, 0.3) is 0 Å². The van der Waals surface area contributed by atoms with Crippen molar-refractivity contribution in [2.75, 3.05) is 64.6 Å². The number of carbonyl (C=O) groups excluding carboxylic acids is 3. The molecule has 2 fully saturated rings. The van der Waals surface area contributed by atoms with Gasteiger partial charge in [0, 0.05) is 50.0 Å². The molecule has 0 aromatic heterocycles. The number of aliphatic carboxylic acids is 1. The number of rotatable bonds is 26. The van der Waals surface area contributed by atoms with Crippen molar-refractivity contribution in [2.24, 2.45) is 0 Å². The Hall–Kier alpha value is -3.78. The van der Waals surface area contributed by atoms with Crippen LogP contribution in [0.2, 0.25) is 0 Å². The summed E-state index contributed by atoms with van der Waals surface area (Å²) in [4.78, 5) is 62.3. The molecule has 1 aromatic carbocycles. The fourth-order valence-corrected chi connectivity index (χ4v) is 7.66. The number of hydrogen-bond donors (Lipinski definition) is 4. The lowest BCUT2D eigenvalue weighted by molar-refractivity contribution is -0.384. The van der Waals surface area contributed by atoms with Crippen molar-refractivity contribution < 1.29 is 79.9 Å². The fraction of sp³-hybridized carbons (Fsp3) is 0.562. The number of halogens is 3. The first-order valence-electron chi connectivity index (χ1n) is 16.7. The van der Waals surface area contributed by atoms with Crippen LogP contribution in [0.3, 0.4) is 0 Å². The topological polar surface area (TPSA) is 256 Å². The van der Waals surface area contributed by atoms with Gasteiger partial charge in [0.25, 0.3) is 11.6 Å². The molecule has 20 nitrogen and oxygen atoms in total. The number of carboxylic acid groups (broad SMARTS) is 1. The molecule has 0 bridgehead atoms. The van der Waals surface area contributed by atoms with Crippen LogP contribution >= 0.6 is 29.4 Å². The first-order chi connectivity index (χ1) is 27.2. The molecular formula is C32H47F3N5O15PS2. The van der Waals surface area contributed by atoms with E-state index in [2.05, 4.69) is 29.1 Å². The highest BCUT2D eigenvalue weighted by molar-refractivity contribution is 8.76. The van der Waals surface area contributed by atoms with Gasteiger partial charge in [-0.25, -0.2) is 18.5 Å². The van der Waals surface area contributed by atoms with E-state index >= 15 is 0 Å². The highest BCUT2D eigenvalue weighted by atomic mass is 33.1. The number of benzene rings is 1. The summed E-state index contributed by atoms with van der Waals surface area (Å²) in [5.74, 6) is -3.05. The highest BCUT2D eigenvalue weighted by Gasteiger charge is 2.68. The predicted octanol–water partition coefficient (Wildman–Crippen LogP) is 5.10. The molecular weight excluding hydrogens is 846 g/mol. The second-order valence-electron chi connectivity index (χ2n) is 11.4. The summed E-state index contributed by atoms with van der Waals surface area (Å²) in [6.45, 7) is -2.43. The number of anilines is 1. The standard InChI is InChI=1S/C29H37F3N5O14PS2.C2H6O.CH4/c1-2-3-4-5-6-7-10-29(25-24(49-25)27(41)34-29)50-28(42)36(12-14-46-16-23(38)39)21-15-19(37(43)44)8-9-22(21)54-53-17-20(35-31)26(40)33-11-13-47-52(45,51-32)48-18-30;1-3-2;/h2-3,5-6,8-9,15,20,24-25,35H,4,7,10-14,16-18H2,1H3,(H,33,40)(H,34,41)(H,38,39);1-2H3;1H4/b3-2+,6-5+;;. The third-order valence-corrected chi connectivity index (χ3v) is 10.8. The molecule has 0 saturated carbocycles. The summed E-state index contributed by atoms with van der Waals surface area (Å²) in [6.07, 6.45) is 5.86. The van der Waals surface area contributed by atoms with Gasteiger partial charge in [0.1, 0.15) is 12.6 Å². The van der Waals surface area contributed by atoms with Gasteiger partial charge in [-0.2, -0.15) is 0 Å². The number of morpholine rings is 1. The Morgan fingerprint density at radius 3 is 2.52 bits per heavy atom. The molecule has 1 aromatic rings. The molecule has 2 heterocycles. The summed E-state index contributed by atoms with van der Waals surface area (Å²) in [7, 11) is 0.148. The molecule has 0 radical (unpaired) electrons. The number of nitrogens with zero attached hydrogens (tertiary/aromatic N) is 2. The van der Waals surface area contributed by atoms with E-state index in [0.717, 1.165) is 38.6 Å². The van der Waals surface area contributed by atoms with Gasteiger partial charge in [0.2, 0.25) is 11.6 Å². The number of ether oxygens (including phenoxy) is 4. The minimum absolute atomic E-state index is 0. The highest BCUT2D eigenvalue weighted by Crippen LogP contribution is 2.49. The molecule has 0 spiro atoms. The second kappa shape index (κ2) is 27.1. The largest absolute Gasteiger partial charge is 0.508 e. The fourth-order valence-electron chi connectivity index (χ4n) is 4.73. The Labute approximate surface area is 339 Å². The number of non-ortho nitro benzene ring substituents is 1. The Kier molecular flexibility index (Phi) is 24.4. The molecule has 2 aliphatic rings. The number of amides is 3.